The standard InChI is InChI=1S/C12H14BrCl2NO2/c1-18-7-9(14)4-5-16-12(17)10-6-8(13)2-3-11(10)15/h2-3,6,9H,4-5,7H2,1H3,(H,16,17). The fraction of sp³-hybridized carbons (Fsp3) is 0.417. The molecular weight excluding hydrogens is 341 g/mol. The Hall–Kier alpha value is -0.290. The van der Waals surface area contributed by atoms with E-state index in [2.05, 4.69) is 21.2 Å². The van der Waals surface area contributed by atoms with Crippen molar-refractivity contribution in [2.24, 2.45) is 0 Å². The Bertz CT molecular complexity index is 415. The van der Waals surface area contributed by atoms with Gasteiger partial charge in [-0.3, -0.25) is 4.79 Å². The summed E-state index contributed by atoms with van der Waals surface area (Å²) in [5.41, 5.74) is 0.448. The van der Waals surface area contributed by atoms with E-state index in [0.29, 0.717) is 30.2 Å². The molecule has 0 heterocycles. The molecule has 0 aromatic heterocycles. The number of alkyl halides is 1. The number of ether oxygens (including phenoxy) is 1. The quantitative estimate of drug-likeness (QED) is 0.794. The van der Waals surface area contributed by atoms with Gasteiger partial charge in [-0.15, -0.1) is 11.6 Å². The van der Waals surface area contributed by atoms with Crippen LogP contribution in [-0.2, 0) is 4.74 Å². The minimum absolute atomic E-state index is 0.103. The molecule has 1 aromatic carbocycles. The fourth-order valence-electron chi connectivity index (χ4n) is 1.37. The fourth-order valence-corrected chi connectivity index (χ4v) is 2.17. The highest BCUT2D eigenvalue weighted by Crippen LogP contribution is 2.20. The van der Waals surface area contributed by atoms with Crippen LogP contribution in [0.3, 0.4) is 0 Å². The first kappa shape index (κ1) is 15.8. The summed E-state index contributed by atoms with van der Waals surface area (Å²) in [6.07, 6.45) is 0.646. The first-order valence-electron chi connectivity index (χ1n) is 5.41. The van der Waals surface area contributed by atoms with E-state index in [-0.39, 0.29) is 11.3 Å². The molecule has 0 saturated heterocycles. The summed E-state index contributed by atoms with van der Waals surface area (Å²) in [6, 6.07) is 5.15. The Labute approximate surface area is 125 Å². The monoisotopic (exact) mass is 353 g/mol. The lowest BCUT2D eigenvalue weighted by molar-refractivity contribution is 0.0952. The third-order valence-corrected chi connectivity index (χ3v) is 3.43. The highest BCUT2D eigenvalue weighted by Gasteiger charge is 2.11. The molecule has 0 radical (unpaired) electrons. The van der Waals surface area contributed by atoms with Gasteiger partial charge in [-0.2, -0.15) is 0 Å². The lowest BCUT2D eigenvalue weighted by Gasteiger charge is -2.10. The average Bonchev–Trinajstić information content (AvgIpc) is 2.32. The minimum Gasteiger partial charge on any atom is -0.383 e. The van der Waals surface area contributed by atoms with E-state index < -0.39 is 0 Å². The van der Waals surface area contributed by atoms with Gasteiger partial charge in [0.25, 0.3) is 5.91 Å². The topological polar surface area (TPSA) is 38.3 Å². The number of halogens is 3. The van der Waals surface area contributed by atoms with Crippen molar-refractivity contribution in [3.63, 3.8) is 0 Å². The Balaban J connectivity index is 2.48. The van der Waals surface area contributed by atoms with E-state index >= 15 is 0 Å². The predicted molar refractivity (Wildman–Crippen MR) is 77.6 cm³/mol. The summed E-state index contributed by atoms with van der Waals surface area (Å²) in [7, 11) is 1.59. The van der Waals surface area contributed by atoms with Crippen LogP contribution in [0.1, 0.15) is 16.8 Å². The van der Waals surface area contributed by atoms with Gasteiger partial charge >= 0.3 is 0 Å². The molecule has 1 N–H and O–H groups in total. The van der Waals surface area contributed by atoms with Gasteiger partial charge in [-0.1, -0.05) is 27.5 Å². The SMILES string of the molecule is COCC(Cl)CCNC(=O)c1cc(Br)ccc1Cl. The number of amides is 1. The van der Waals surface area contributed by atoms with Crippen LogP contribution in [0.15, 0.2) is 22.7 Å². The molecule has 100 valence electrons. The predicted octanol–water partition coefficient (Wildman–Crippen LogP) is 3.48. The van der Waals surface area contributed by atoms with E-state index in [1.165, 1.54) is 0 Å². The van der Waals surface area contributed by atoms with Gasteiger partial charge in [0.15, 0.2) is 0 Å². The van der Waals surface area contributed by atoms with Crippen molar-refractivity contribution in [1.29, 1.82) is 0 Å². The summed E-state index contributed by atoms with van der Waals surface area (Å²) in [5, 5.41) is 3.09. The summed E-state index contributed by atoms with van der Waals surface area (Å²) >= 11 is 15.2. The molecule has 0 aliphatic carbocycles. The zero-order valence-electron chi connectivity index (χ0n) is 9.88. The lowest BCUT2D eigenvalue weighted by atomic mass is 10.2. The molecule has 0 aliphatic heterocycles. The van der Waals surface area contributed by atoms with Crippen LogP contribution < -0.4 is 5.32 Å². The van der Waals surface area contributed by atoms with Crippen molar-refractivity contribution in [3.05, 3.63) is 33.3 Å². The number of rotatable bonds is 6. The van der Waals surface area contributed by atoms with Crippen LogP contribution in [0.5, 0.6) is 0 Å². The molecule has 1 rings (SSSR count). The number of hydrogen-bond donors (Lipinski definition) is 1. The number of nitrogens with one attached hydrogen (secondary N) is 1. The molecule has 0 fully saturated rings. The van der Waals surface area contributed by atoms with Crippen LogP contribution in [0, 0.1) is 0 Å². The van der Waals surface area contributed by atoms with Crippen molar-refractivity contribution >= 4 is 45.0 Å². The largest absolute Gasteiger partial charge is 0.383 e. The summed E-state index contributed by atoms with van der Waals surface area (Å²) < 4.78 is 5.72. The van der Waals surface area contributed by atoms with Gasteiger partial charge in [0.1, 0.15) is 0 Å². The van der Waals surface area contributed by atoms with E-state index in [9.17, 15) is 4.79 Å². The first-order chi connectivity index (χ1) is 8.54. The van der Waals surface area contributed by atoms with Crippen molar-refractivity contribution in [1.82, 2.24) is 5.32 Å². The number of methoxy groups -OCH3 is 1. The molecule has 1 aromatic rings. The maximum absolute atomic E-state index is 11.9. The number of carbonyl (C=O) groups is 1. The second-order valence-electron chi connectivity index (χ2n) is 3.72. The Morgan fingerprint density at radius 1 is 1.56 bits per heavy atom. The second-order valence-corrected chi connectivity index (χ2v) is 5.66. The van der Waals surface area contributed by atoms with Gasteiger partial charge in [-0.25, -0.2) is 0 Å². The van der Waals surface area contributed by atoms with Crippen LogP contribution in [0.2, 0.25) is 5.02 Å². The van der Waals surface area contributed by atoms with E-state index in [4.69, 9.17) is 27.9 Å². The third kappa shape index (κ3) is 5.14. The first-order valence-corrected chi connectivity index (χ1v) is 7.01. The van der Waals surface area contributed by atoms with E-state index in [1.54, 1.807) is 25.3 Å². The number of benzene rings is 1. The van der Waals surface area contributed by atoms with Crippen molar-refractivity contribution in [3.8, 4) is 0 Å². The zero-order chi connectivity index (χ0) is 13.5. The third-order valence-electron chi connectivity index (χ3n) is 2.26. The van der Waals surface area contributed by atoms with E-state index in [0.717, 1.165) is 4.47 Å². The maximum atomic E-state index is 11.9. The van der Waals surface area contributed by atoms with Gasteiger partial charge in [0, 0.05) is 18.1 Å². The molecule has 1 atom stereocenters. The molecule has 1 unspecified atom stereocenters. The van der Waals surface area contributed by atoms with Crippen molar-refractivity contribution in [2.45, 2.75) is 11.8 Å². The Morgan fingerprint density at radius 2 is 2.28 bits per heavy atom. The zero-order valence-corrected chi connectivity index (χ0v) is 13.0. The molecule has 6 heteroatoms. The molecule has 3 nitrogen and oxygen atoms in total. The van der Waals surface area contributed by atoms with Crippen LogP contribution >= 0.6 is 39.1 Å². The van der Waals surface area contributed by atoms with Gasteiger partial charge in [-0.05, 0) is 24.6 Å². The average molecular weight is 355 g/mol. The van der Waals surface area contributed by atoms with Crippen molar-refractivity contribution < 1.29 is 9.53 Å². The second kappa shape index (κ2) is 8.00. The van der Waals surface area contributed by atoms with Gasteiger partial charge < -0.3 is 10.1 Å². The lowest BCUT2D eigenvalue weighted by Crippen LogP contribution is -2.27. The Kier molecular flexibility index (Phi) is 7.00. The highest BCUT2D eigenvalue weighted by molar-refractivity contribution is 9.10. The molecule has 0 saturated carbocycles. The molecule has 0 aliphatic rings. The van der Waals surface area contributed by atoms with Gasteiger partial charge in [0.2, 0.25) is 0 Å². The molecule has 1 amide bonds. The van der Waals surface area contributed by atoms with Crippen LogP contribution in [-0.4, -0.2) is 31.5 Å². The number of hydrogen-bond acceptors (Lipinski definition) is 2. The molecule has 0 spiro atoms. The molecule has 0 bridgehead atoms. The summed E-state index contributed by atoms with van der Waals surface area (Å²) in [4.78, 5) is 11.9. The minimum atomic E-state index is -0.206. The molecular formula is C12H14BrCl2NO2. The Morgan fingerprint density at radius 3 is 2.94 bits per heavy atom. The highest BCUT2D eigenvalue weighted by atomic mass is 79.9. The van der Waals surface area contributed by atoms with E-state index in [1.807, 2.05) is 0 Å². The maximum Gasteiger partial charge on any atom is 0.252 e. The van der Waals surface area contributed by atoms with Crippen LogP contribution in [0.4, 0.5) is 0 Å². The molecule has 18 heavy (non-hydrogen) atoms. The number of carbonyl (C=O) groups excluding carboxylic acids is 1. The summed E-state index contributed by atoms with van der Waals surface area (Å²) in [6.45, 7) is 0.953. The van der Waals surface area contributed by atoms with Crippen molar-refractivity contribution in [2.75, 3.05) is 20.3 Å². The smallest absolute Gasteiger partial charge is 0.252 e. The normalized spacial score (nSPS) is 12.2. The van der Waals surface area contributed by atoms with Gasteiger partial charge in [0.05, 0.1) is 22.6 Å². The summed E-state index contributed by atoms with van der Waals surface area (Å²) in [5.74, 6) is -0.206. The van der Waals surface area contributed by atoms with Crippen LogP contribution in [0.25, 0.3) is 0 Å².